The molecule has 0 saturated carbocycles. The molecule has 0 amide bonds. The number of anilines is 1. The highest BCUT2D eigenvalue weighted by molar-refractivity contribution is 5.95. The Morgan fingerprint density at radius 1 is 1.15 bits per heavy atom. The van der Waals surface area contributed by atoms with Crippen molar-refractivity contribution in [2.45, 2.75) is 26.9 Å². The number of hydrogen-bond donors (Lipinski definition) is 1. The number of benzene rings is 2. The third-order valence-corrected chi connectivity index (χ3v) is 3.29. The van der Waals surface area contributed by atoms with Crippen LogP contribution in [0, 0.1) is 0 Å². The van der Waals surface area contributed by atoms with Gasteiger partial charge in [-0.3, -0.25) is 4.79 Å². The molecule has 2 aromatic rings. The van der Waals surface area contributed by atoms with Crippen LogP contribution in [0.4, 0.5) is 5.69 Å². The van der Waals surface area contributed by atoms with Gasteiger partial charge in [-0.2, -0.15) is 0 Å². The van der Waals surface area contributed by atoms with Crippen LogP contribution in [0.15, 0.2) is 42.5 Å². The van der Waals surface area contributed by atoms with Crippen LogP contribution < -0.4 is 10.5 Å². The van der Waals surface area contributed by atoms with Crippen LogP contribution in [0.25, 0.3) is 0 Å². The Bertz CT molecular complexity index is 620. The molecule has 2 N–H and O–H groups in total. The van der Waals surface area contributed by atoms with Crippen LogP contribution in [0.2, 0.25) is 0 Å². The highest BCUT2D eigenvalue weighted by atomic mass is 16.5. The van der Waals surface area contributed by atoms with Gasteiger partial charge in [0.05, 0.1) is 0 Å². The lowest BCUT2D eigenvalue weighted by Crippen LogP contribution is -2.02. The summed E-state index contributed by atoms with van der Waals surface area (Å²) in [6.45, 7) is 4.04. The van der Waals surface area contributed by atoms with Gasteiger partial charge >= 0.3 is 0 Å². The fraction of sp³-hybridized carbons (Fsp3) is 0.235. The van der Waals surface area contributed by atoms with E-state index in [0.717, 1.165) is 34.5 Å². The van der Waals surface area contributed by atoms with Crippen LogP contribution in [0.5, 0.6) is 5.75 Å². The Hall–Kier alpha value is -2.29. The molecule has 0 heterocycles. The second-order valence-electron chi connectivity index (χ2n) is 4.72. The summed E-state index contributed by atoms with van der Waals surface area (Å²) in [6.07, 6.45) is 0.805. The van der Waals surface area contributed by atoms with Crippen molar-refractivity contribution < 1.29 is 9.53 Å². The van der Waals surface area contributed by atoms with Gasteiger partial charge in [0.2, 0.25) is 0 Å². The number of rotatable bonds is 5. The minimum Gasteiger partial charge on any atom is -0.489 e. The van der Waals surface area contributed by atoms with Crippen LogP contribution >= 0.6 is 0 Å². The lowest BCUT2D eigenvalue weighted by molar-refractivity contribution is 0.101. The molecule has 0 saturated heterocycles. The maximum Gasteiger partial charge on any atom is 0.160 e. The van der Waals surface area contributed by atoms with Crippen LogP contribution in [0.1, 0.15) is 35.3 Å². The quantitative estimate of drug-likeness (QED) is 0.666. The number of carbonyl (C=O) groups excluding carboxylic acids is 1. The van der Waals surface area contributed by atoms with E-state index in [4.69, 9.17) is 10.5 Å². The van der Waals surface area contributed by atoms with Crippen molar-refractivity contribution in [2.75, 3.05) is 5.73 Å². The van der Waals surface area contributed by atoms with Crippen LogP contribution in [-0.2, 0) is 13.0 Å². The van der Waals surface area contributed by atoms with Crippen LogP contribution in [0.3, 0.4) is 0 Å². The zero-order valence-electron chi connectivity index (χ0n) is 11.8. The predicted molar refractivity (Wildman–Crippen MR) is 81.0 cm³/mol. The minimum atomic E-state index is 0.0840. The molecule has 20 heavy (non-hydrogen) atoms. The van der Waals surface area contributed by atoms with E-state index in [-0.39, 0.29) is 5.78 Å². The maximum absolute atomic E-state index is 11.5. The number of Topliss-reactive ketones (excluding diaryl/α,β-unsaturated/α-hetero) is 1. The summed E-state index contributed by atoms with van der Waals surface area (Å²) < 4.78 is 5.76. The number of nitrogen functional groups attached to an aromatic ring is 1. The lowest BCUT2D eigenvalue weighted by Gasteiger charge is -2.11. The number of nitrogens with two attached hydrogens (primary N) is 1. The van der Waals surface area contributed by atoms with Crippen molar-refractivity contribution in [2.24, 2.45) is 0 Å². The molecule has 3 nitrogen and oxygen atoms in total. The summed E-state index contributed by atoms with van der Waals surface area (Å²) in [5.41, 5.74) is 9.34. The number of ketones is 1. The molecule has 2 rings (SSSR count). The Morgan fingerprint density at radius 2 is 1.90 bits per heavy atom. The number of para-hydroxylation sites is 1. The molecule has 0 aromatic heterocycles. The van der Waals surface area contributed by atoms with Gasteiger partial charge in [-0.15, -0.1) is 0 Å². The largest absolute Gasteiger partial charge is 0.489 e. The number of carbonyl (C=O) groups is 1. The van der Waals surface area contributed by atoms with Crippen LogP contribution in [-0.4, -0.2) is 5.78 Å². The molecule has 0 unspecified atom stereocenters. The average molecular weight is 269 g/mol. The molecular weight excluding hydrogens is 250 g/mol. The molecule has 3 heteroatoms. The Labute approximate surface area is 119 Å². The van der Waals surface area contributed by atoms with Gasteiger partial charge in [0, 0.05) is 16.8 Å². The Kier molecular flexibility index (Phi) is 4.41. The van der Waals surface area contributed by atoms with Crippen molar-refractivity contribution in [3.05, 3.63) is 59.2 Å². The highest BCUT2D eigenvalue weighted by Crippen LogP contribution is 2.21. The second kappa shape index (κ2) is 6.24. The number of aryl methyl sites for hydroxylation is 1. The van der Waals surface area contributed by atoms with Gasteiger partial charge in [0.15, 0.2) is 5.78 Å². The minimum absolute atomic E-state index is 0.0840. The first kappa shape index (κ1) is 14.1. The summed E-state index contributed by atoms with van der Waals surface area (Å²) in [5, 5.41) is 0. The van der Waals surface area contributed by atoms with Crippen molar-refractivity contribution in [1.82, 2.24) is 0 Å². The first-order valence-corrected chi connectivity index (χ1v) is 6.72. The van der Waals surface area contributed by atoms with E-state index in [1.807, 2.05) is 49.4 Å². The van der Waals surface area contributed by atoms with E-state index < -0.39 is 0 Å². The van der Waals surface area contributed by atoms with E-state index in [2.05, 4.69) is 0 Å². The summed E-state index contributed by atoms with van der Waals surface area (Å²) in [5.74, 6) is 0.843. The first-order chi connectivity index (χ1) is 9.61. The molecule has 0 atom stereocenters. The standard InChI is InChI=1S/C17H19NO2/c1-3-13-10-15(8-9-16(13)12(2)19)20-11-14-6-4-5-7-17(14)18/h4-10H,3,11,18H2,1-2H3. The number of hydrogen-bond acceptors (Lipinski definition) is 3. The third kappa shape index (κ3) is 3.18. The average Bonchev–Trinajstić information content (AvgIpc) is 2.46. The molecule has 0 spiro atoms. The third-order valence-electron chi connectivity index (χ3n) is 3.29. The first-order valence-electron chi connectivity index (χ1n) is 6.72. The molecule has 0 bridgehead atoms. The fourth-order valence-corrected chi connectivity index (χ4v) is 2.12. The molecule has 0 fully saturated rings. The fourth-order valence-electron chi connectivity index (χ4n) is 2.12. The van der Waals surface area contributed by atoms with Gasteiger partial charge in [0.1, 0.15) is 12.4 Å². The normalized spacial score (nSPS) is 10.3. The smallest absolute Gasteiger partial charge is 0.160 e. The highest BCUT2D eigenvalue weighted by Gasteiger charge is 2.07. The molecule has 2 aromatic carbocycles. The van der Waals surface area contributed by atoms with Crippen molar-refractivity contribution in [3.8, 4) is 5.75 Å². The molecule has 0 radical (unpaired) electrons. The summed E-state index contributed by atoms with van der Waals surface area (Å²) in [7, 11) is 0. The predicted octanol–water partition coefficient (Wildman–Crippen LogP) is 3.61. The second-order valence-corrected chi connectivity index (χ2v) is 4.72. The molecule has 0 aliphatic heterocycles. The van der Waals surface area contributed by atoms with Crippen molar-refractivity contribution in [3.63, 3.8) is 0 Å². The molecule has 0 aliphatic carbocycles. The molecule has 0 aliphatic rings. The van der Waals surface area contributed by atoms with Crippen molar-refractivity contribution in [1.29, 1.82) is 0 Å². The van der Waals surface area contributed by atoms with E-state index in [1.54, 1.807) is 6.92 Å². The van der Waals surface area contributed by atoms with E-state index in [1.165, 1.54) is 0 Å². The zero-order chi connectivity index (χ0) is 14.5. The summed E-state index contributed by atoms with van der Waals surface area (Å²) >= 11 is 0. The molecular formula is C17H19NO2. The van der Waals surface area contributed by atoms with Gasteiger partial charge in [-0.05, 0) is 43.2 Å². The maximum atomic E-state index is 11.5. The molecule has 104 valence electrons. The van der Waals surface area contributed by atoms with Gasteiger partial charge < -0.3 is 10.5 Å². The number of ether oxygens (including phenoxy) is 1. The van der Waals surface area contributed by atoms with E-state index >= 15 is 0 Å². The van der Waals surface area contributed by atoms with E-state index in [0.29, 0.717) is 6.61 Å². The van der Waals surface area contributed by atoms with Gasteiger partial charge in [-0.25, -0.2) is 0 Å². The topological polar surface area (TPSA) is 52.3 Å². The lowest BCUT2D eigenvalue weighted by atomic mass is 10.0. The zero-order valence-corrected chi connectivity index (χ0v) is 11.8. The summed E-state index contributed by atoms with van der Waals surface area (Å²) in [4.78, 5) is 11.5. The SMILES string of the molecule is CCc1cc(OCc2ccccc2N)ccc1C(C)=O. The van der Waals surface area contributed by atoms with Gasteiger partial charge in [0.25, 0.3) is 0 Å². The van der Waals surface area contributed by atoms with Gasteiger partial charge in [-0.1, -0.05) is 25.1 Å². The van der Waals surface area contributed by atoms with Crippen molar-refractivity contribution >= 4 is 11.5 Å². The van der Waals surface area contributed by atoms with E-state index in [9.17, 15) is 4.79 Å². The summed E-state index contributed by atoms with van der Waals surface area (Å²) in [6, 6.07) is 13.2. The monoisotopic (exact) mass is 269 g/mol. The Balaban J connectivity index is 2.15. The Morgan fingerprint density at radius 3 is 2.55 bits per heavy atom.